The molecule has 0 aromatic carbocycles. The zero-order chi connectivity index (χ0) is 10.1. The summed E-state index contributed by atoms with van der Waals surface area (Å²) in [5, 5.41) is -0.842. The minimum atomic E-state index is -3.05. The molecule has 0 unspecified atom stereocenters. The van der Waals surface area contributed by atoms with Crippen LogP contribution in [0.25, 0.3) is 0 Å². The fourth-order valence-electron chi connectivity index (χ4n) is 0.789. The van der Waals surface area contributed by atoms with Crippen LogP contribution in [0.15, 0.2) is 18.2 Å². The minimum absolute atomic E-state index is 0.166. The Labute approximate surface area is 78.5 Å². The molecule has 0 radical (unpaired) electrons. The molecule has 0 amide bonds. The lowest BCUT2D eigenvalue weighted by Gasteiger charge is -2.08. The molecule has 0 aliphatic rings. The number of pyridine rings is 1. The molecule has 0 N–H and O–H groups in total. The van der Waals surface area contributed by atoms with E-state index in [1.807, 2.05) is 0 Å². The van der Waals surface area contributed by atoms with Crippen LogP contribution in [0.1, 0.15) is 23.1 Å². The van der Waals surface area contributed by atoms with Crippen LogP contribution in [-0.4, -0.2) is 10.2 Å². The monoisotopic (exact) mass is 205 g/mol. The molecule has 0 aliphatic carbocycles. The van der Waals surface area contributed by atoms with Crippen molar-refractivity contribution in [2.45, 2.75) is 12.8 Å². The average Bonchev–Trinajstić information content (AvgIpc) is 2.03. The van der Waals surface area contributed by atoms with E-state index in [4.69, 9.17) is 11.6 Å². The molecule has 13 heavy (non-hydrogen) atoms. The third-order valence-electron chi connectivity index (χ3n) is 1.40. The van der Waals surface area contributed by atoms with Crippen molar-refractivity contribution < 1.29 is 13.6 Å². The van der Waals surface area contributed by atoms with Crippen molar-refractivity contribution in [1.29, 1.82) is 0 Å². The van der Waals surface area contributed by atoms with Crippen LogP contribution in [-0.2, 0) is 5.92 Å². The first-order chi connectivity index (χ1) is 5.91. The molecule has 70 valence electrons. The molecule has 0 atom stereocenters. The number of aromatic nitrogens is 1. The number of hydrogen-bond donors (Lipinski definition) is 0. The molecule has 2 nitrogen and oxygen atoms in total. The average molecular weight is 206 g/mol. The van der Waals surface area contributed by atoms with E-state index < -0.39 is 16.9 Å². The normalized spacial score (nSPS) is 11.4. The maximum absolute atomic E-state index is 12.7. The smallest absolute Gasteiger partial charge is 0.274 e. The lowest BCUT2D eigenvalue weighted by atomic mass is 10.2. The van der Waals surface area contributed by atoms with Gasteiger partial charge in [-0.25, -0.2) is 4.98 Å². The Bertz CT molecular complexity index is 335. The quantitative estimate of drug-likeness (QED) is 0.695. The van der Waals surface area contributed by atoms with Gasteiger partial charge in [0.1, 0.15) is 11.4 Å². The molecule has 0 fully saturated rings. The highest BCUT2D eigenvalue weighted by atomic mass is 35.5. The lowest BCUT2D eigenvalue weighted by Crippen LogP contribution is -2.11. The number of halogens is 3. The van der Waals surface area contributed by atoms with Crippen molar-refractivity contribution in [3.05, 3.63) is 29.6 Å². The number of hydrogen-bond acceptors (Lipinski definition) is 2. The van der Waals surface area contributed by atoms with E-state index >= 15 is 0 Å². The van der Waals surface area contributed by atoms with Crippen molar-refractivity contribution in [3.63, 3.8) is 0 Å². The van der Waals surface area contributed by atoms with E-state index in [1.54, 1.807) is 0 Å². The molecule has 5 heteroatoms. The summed E-state index contributed by atoms with van der Waals surface area (Å²) >= 11 is 5.08. The second kappa shape index (κ2) is 3.38. The Hall–Kier alpha value is -1.03. The minimum Gasteiger partial charge on any atom is -0.274 e. The van der Waals surface area contributed by atoms with Gasteiger partial charge in [0.2, 0.25) is 0 Å². The fraction of sp³-hybridized carbons (Fsp3) is 0.250. The highest BCUT2D eigenvalue weighted by Gasteiger charge is 2.26. The number of rotatable bonds is 2. The van der Waals surface area contributed by atoms with Crippen LogP contribution in [0.4, 0.5) is 8.78 Å². The van der Waals surface area contributed by atoms with Gasteiger partial charge in [0.15, 0.2) is 0 Å². The number of carbonyl (C=O) groups is 1. The Morgan fingerprint density at radius 1 is 1.54 bits per heavy atom. The van der Waals surface area contributed by atoms with Crippen LogP contribution in [0.5, 0.6) is 0 Å². The maximum atomic E-state index is 12.7. The molecule has 1 heterocycles. The molecule has 0 saturated carbocycles. The number of nitrogens with zero attached hydrogens (tertiary/aromatic N) is 1. The summed E-state index contributed by atoms with van der Waals surface area (Å²) in [6, 6.07) is 3.74. The van der Waals surface area contributed by atoms with Gasteiger partial charge >= 0.3 is 0 Å². The molecule has 1 aromatic rings. The summed E-state index contributed by atoms with van der Waals surface area (Å²) in [5.41, 5.74) is -0.625. The molecule has 1 rings (SSSR count). The Balaban J connectivity index is 3.13. The zero-order valence-electron chi connectivity index (χ0n) is 6.72. The van der Waals surface area contributed by atoms with Crippen LogP contribution >= 0.6 is 11.6 Å². The molecule has 1 aromatic heterocycles. The second-order valence-electron chi connectivity index (χ2n) is 2.57. The highest BCUT2D eigenvalue weighted by Crippen LogP contribution is 2.24. The Kier molecular flexibility index (Phi) is 2.61. The third-order valence-corrected chi connectivity index (χ3v) is 1.59. The maximum Gasteiger partial charge on any atom is 0.286 e. The molecular formula is C8H6ClF2NO. The first-order valence-corrected chi connectivity index (χ1v) is 3.84. The first kappa shape index (κ1) is 10.1. The van der Waals surface area contributed by atoms with E-state index in [1.165, 1.54) is 12.1 Å². The fourth-order valence-corrected chi connectivity index (χ4v) is 0.894. The zero-order valence-corrected chi connectivity index (χ0v) is 7.48. The Morgan fingerprint density at radius 2 is 2.15 bits per heavy atom. The van der Waals surface area contributed by atoms with Gasteiger partial charge in [0.05, 0.1) is 0 Å². The molecular weight excluding hydrogens is 200 g/mol. The lowest BCUT2D eigenvalue weighted by molar-refractivity contribution is 0.0127. The van der Waals surface area contributed by atoms with E-state index in [0.717, 1.165) is 6.07 Å². The number of carbonyl (C=O) groups excluding carboxylic acids is 1. The van der Waals surface area contributed by atoms with Gasteiger partial charge in [-0.1, -0.05) is 6.07 Å². The predicted molar refractivity (Wildman–Crippen MR) is 44.0 cm³/mol. The van der Waals surface area contributed by atoms with E-state index in [9.17, 15) is 13.6 Å². The summed E-state index contributed by atoms with van der Waals surface area (Å²) in [6.45, 7) is 0.706. The summed E-state index contributed by atoms with van der Waals surface area (Å²) in [7, 11) is 0. The van der Waals surface area contributed by atoms with Crippen molar-refractivity contribution >= 4 is 16.8 Å². The summed E-state index contributed by atoms with van der Waals surface area (Å²) < 4.78 is 25.4. The highest BCUT2D eigenvalue weighted by molar-refractivity contribution is 6.67. The van der Waals surface area contributed by atoms with Gasteiger partial charge in [0, 0.05) is 6.92 Å². The van der Waals surface area contributed by atoms with Crippen LogP contribution < -0.4 is 0 Å². The molecule has 0 aliphatic heterocycles. The van der Waals surface area contributed by atoms with Gasteiger partial charge in [-0.3, -0.25) is 4.79 Å². The van der Waals surface area contributed by atoms with E-state index in [0.29, 0.717) is 6.92 Å². The third kappa shape index (κ3) is 2.45. The summed E-state index contributed by atoms with van der Waals surface area (Å²) in [5.74, 6) is -3.05. The first-order valence-electron chi connectivity index (χ1n) is 3.46. The standard InChI is InChI=1S/C8H6ClF2NO/c1-8(10,11)6-4-2-3-5(12-6)7(9)13/h2-4H,1H3. The van der Waals surface area contributed by atoms with Gasteiger partial charge in [-0.05, 0) is 23.7 Å². The molecule has 0 spiro atoms. The summed E-state index contributed by atoms with van der Waals surface area (Å²) in [6.07, 6.45) is 0. The largest absolute Gasteiger partial charge is 0.286 e. The molecule has 0 bridgehead atoms. The van der Waals surface area contributed by atoms with Crippen LogP contribution in [0, 0.1) is 0 Å². The summed E-state index contributed by atoms with van der Waals surface area (Å²) in [4.78, 5) is 14.0. The van der Waals surface area contributed by atoms with E-state index in [2.05, 4.69) is 4.98 Å². The number of alkyl halides is 2. The van der Waals surface area contributed by atoms with Crippen LogP contribution in [0.3, 0.4) is 0 Å². The predicted octanol–water partition coefficient (Wildman–Crippen LogP) is 2.57. The van der Waals surface area contributed by atoms with Gasteiger partial charge in [-0.2, -0.15) is 8.78 Å². The topological polar surface area (TPSA) is 30.0 Å². The van der Waals surface area contributed by atoms with Crippen molar-refractivity contribution in [3.8, 4) is 0 Å². The second-order valence-corrected chi connectivity index (χ2v) is 2.91. The van der Waals surface area contributed by atoms with Gasteiger partial charge < -0.3 is 0 Å². The van der Waals surface area contributed by atoms with Gasteiger partial charge in [-0.15, -0.1) is 0 Å². The van der Waals surface area contributed by atoms with Crippen molar-refractivity contribution in [2.24, 2.45) is 0 Å². The van der Waals surface area contributed by atoms with E-state index in [-0.39, 0.29) is 5.69 Å². The Morgan fingerprint density at radius 3 is 2.62 bits per heavy atom. The van der Waals surface area contributed by atoms with Gasteiger partial charge in [0.25, 0.3) is 11.2 Å². The van der Waals surface area contributed by atoms with Crippen molar-refractivity contribution in [1.82, 2.24) is 4.98 Å². The van der Waals surface area contributed by atoms with Crippen molar-refractivity contribution in [2.75, 3.05) is 0 Å². The SMILES string of the molecule is CC(F)(F)c1cccc(C(=O)Cl)n1. The molecule has 0 saturated heterocycles. The van der Waals surface area contributed by atoms with Crippen LogP contribution in [0.2, 0.25) is 0 Å².